The Morgan fingerprint density at radius 2 is 2.04 bits per heavy atom. The zero-order valence-corrected chi connectivity index (χ0v) is 14.2. The van der Waals surface area contributed by atoms with Crippen LogP contribution >= 0.6 is 0 Å². The number of hydrogen-bond donors (Lipinski definition) is 0. The Balaban J connectivity index is 1.81. The van der Waals surface area contributed by atoms with Gasteiger partial charge in [-0.2, -0.15) is 5.26 Å². The van der Waals surface area contributed by atoms with Gasteiger partial charge in [0, 0.05) is 38.1 Å². The fourth-order valence-corrected chi connectivity index (χ4v) is 2.77. The van der Waals surface area contributed by atoms with E-state index in [4.69, 9.17) is 0 Å². The molecule has 7 heteroatoms. The Bertz CT molecular complexity index is 960. The lowest BCUT2D eigenvalue weighted by atomic mass is 10.1. The molecule has 0 spiro atoms. The average molecular weight is 347 g/mol. The van der Waals surface area contributed by atoms with E-state index in [1.54, 1.807) is 12.3 Å². The van der Waals surface area contributed by atoms with E-state index in [9.17, 15) is 15.4 Å². The molecule has 0 fully saturated rings. The molecule has 1 aromatic heterocycles. The molecule has 0 radical (unpaired) electrons. The van der Waals surface area contributed by atoms with Gasteiger partial charge >= 0.3 is 0 Å². The number of anilines is 1. The van der Waals surface area contributed by atoms with E-state index in [1.807, 2.05) is 47.0 Å². The van der Waals surface area contributed by atoms with Gasteiger partial charge in [0.15, 0.2) is 0 Å². The molecule has 0 unspecified atom stereocenters. The minimum absolute atomic E-state index is 0.0933. The summed E-state index contributed by atoms with van der Waals surface area (Å²) in [5, 5.41) is 20.2. The third-order valence-electron chi connectivity index (χ3n) is 4.10. The zero-order chi connectivity index (χ0) is 18.5. The molecule has 0 bridgehead atoms. The summed E-state index contributed by atoms with van der Waals surface area (Å²) >= 11 is 0. The first-order chi connectivity index (χ1) is 12.6. The molecule has 3 aromatic rings. The van der Waals surface area contributed by atoms with Gasteiger partial charge < -0.3 is 9.47 Å². The molecule has 3 rings (SSSR count). The van der Waals surface area contributed by atoms with Crippen LogP contribution in [0.1, 0.15) is 17.0 Å². The topological polar surface area (TPSA) is 88.0 Å². The second-order valence-electron chi connectivity index (χ2n) is 5.88. The van der Waals surface area contributed by atoms with Crippen LogP contribution in [0.25, 0.3) is 0 Å². The first-order valence-electron chi connectivity index (χ1n) is 8.02. The maximum absolute atomic E-state index is 10.9. The van der Waals surface area contributed by atoms with Gasteiger partial charge in [-0.25, -0.2) is 4.98 Å². The normalized spacial score (nSPS) is 10.3. The molecule has 26 heavy (non-hydrogen) atoms. The molecule has 0 amide bonds. The molecule has 130 valence electrons. The molecule has 0 saturated carbocycles. The summed E-state index contributed by atoms with van der Waals surface area (Å²) in [6, 6.07) is 16.4. The van der Waals surface area contributed by atoms with Crippen molar-refractivity contribution >= 4 is 11.4 Å². The summed E-state index contributed by atoms with van der Waals surface area (Å²) in [6.07, 6.45) is 3.66. The van der Waals surface area contributed by atoms with E-state index in [2.05, 4.69) is 17.1 Å². The van der Waals surface area contributed by atoms with Crippen molar-refractivity contribution in [2.45, 2.75) is 13.1 Å². The summed E-state index contributed by atoms with van der Waals surface area (Å²) in [4.78, 5) is 16.7. The first-order valence-corrected chi connectivity index (χ1v) is 8.02. The standard InChI is InChI=1S/C19H17N5O2/c1-22(18-8-7-17(24(25)26)11-16(18)12-20)14-19-21-9-10-23(19)13-15-5-3-2-4-6-15/h2-11H,13-14H2,1H3. The molecule has 0 atom stereocenters. The first kappa shape index (κ1) is 17.2. The van der Waals surface area contributed by atoms with Gasteiger partial charge in [-0.3, -0.25) is 10.1 Å². The maximum Gasteiger partial charge on any atom is 0.270 e. The maximum atomic E-state index is 10.9. The van der Waals surface area contributed by atoms with Crippen LogP contribution in [-0.2, 0) is 13.1 Å². The average Bonchev–Trinajstić information content (AvgIpc) is 3.08. The van der Waals surface area contributed by atoms with Crippen LogP contribution in [-0.4, -0.2) is 21.5 Å². The Morgan fingerprint density at radius 3 is 2.73 bits per heavy atom. The monoisotopic (exact) mass is 347 g/mol. The summed E-state index contributed by atoms with van der Waals surface area (Å²) in [7, 11) is 1.84. The predicted octanol–water partition coefficient (Wildman–Crippen LogP) is 3.35. The summed E-state index contributed by atoms with van der Waals surface area (Å²) < 4.78 is 2.04. The summed E-state index contributed by atoms with van der Waals surface area (Å²) in [6.45, 7) is 1.18. The molecule has 0 aliphatic carbocycles. The van der Waals surface area contributed by atoms with E-state index < -0.39 is 4.92 Å². The highest BCUT2D eigenvalue weighted by atomic mass is 16.6. The zero-order valence-electron chi connectivity index (χ0n) is 14.2. The number of non-ortho nitro benzene ring substituents is 1. The van der Waals surface area contributed by atoms with Crippen LogP contribution in [0.3, 0.4) is 0 Å². The Kier molecular flexibility index (Phi) is 4.94. The lowest BCUT2D eigenvalue weighted by Gasteiger charge is -2.20. The van der Waals surface area contributed by atoms with E-state index in [0.717, 1.165) is 5.82 Å². The van der Waals surface area contributed by atoms with Crippen molar-refractivity contribution in [2.75, 3.05) is 11.9 Å². The largest absolute Gasteiger partial charge is 0.366 e. The number of hydrogen-bond acceptors (Lipinski definition) is 5. The molecular weight excluding hydrogens is 330 g/mol. The molecule has 0 N–H and O–H groups in total. The van der Waals surface area contributed by atoms with Crippen molar-refractivity contribution < 1.29 is 4.92 Å². The quantitative estimate of drug-likeness (QED) is 0.504. The van der Waals surface area contributed by atoms with E-state index >= 15 is 0 Å². The predicted molar refractivity (Wildman–Crippen MR) is 97.7 cm³/mol. The van der Waals surface area contributed by atoms with E-state index in [-0.39, 0.29) is 11.3 Å². The number of imidazole rings is 1. The number of rotatable bonds is 6. The summed E-state index contributed by atoms with van der Waals surface area (Å²) in [5.74, 6) is 0.846. The fraction of sp³-hybridized carbons (Fsp3) is 0.158. The number of aromatic nitrogens is 2. The van der Waals surface area contributed by atoms with Gasteiger partial charge in [0.05, 0.1) is 22.7 Å². The smallest absolute Gasteiger partial charge is 0.270 e. The highest BCUT2D eigenvalue weighted by molar-refractivity contribution is 5.62. The Labute approximate surface area is 150 Å². The van der Waals surface area contributed by atoms with Crippen LogP contribution in [0.15, 0.2) is 60.9 Å². The van der Waals surface area contributed by atoms with Crippen molar-refractivity contribution in [2.24, 2.45) is 0 Å². The van der Waals surface area contributed by atoms with Gasteiger partial charge in [0.25, 0.3) is 5.69 Å². The summed E-state index contributed by atoms with van der Waals surface area (Å²) in [5.41, 5.74) is 1.97. The highest BCUT2D eigenvalue weighted by Crippen LogP contribution is 2.25. The van der Waals surface area contributed by atoms with Gasteiger partial charge in [0.1, 0.15) is 11.9 Å². The number of nitro benzene ring substituents is 1. The number of nitrogens with zero attached hydrogens (tertiary/aromatic N) is 5. The highest BCUT2D eigenvalue weighted by Gasteiger charge is 2.15. The van der Waals surface area contributed by atoms with Crippen LogP contribution < -0.4 is 4.90 Å². The van der Waals surface area contributed by atoms with Gasteiger partial charge in [-0.15, -0.1) is 0 Å². The number of benzene rings is 2. The number of nitriles is 1. The van der Waals surface area contributed by atoms with Crippen molar-refractivity contribution in [1.82, 2.24) is 9.55 Å². The van der Waals surface area contributed by atoms with Crippen molar-refractivity contribution in [1.29, 1.82) is 5.26 Å². The fourth-order valence-electron chi connectivity index (χ4n) is 2.77. The van der Waals surface area contributed by atoms with Crippen LogP contribution in [0, 0.1) is 21.4 Å². The number of nitro groups is 1. The minimum atomic E-state index is -0.503. The molecule has 0 aliphatic rings. The second-order valence-corrected chi connectivity index (χ2v) is 5.88. The Hall–Kier alpha value is -3.66. The molecule has 0 saturated heterocycles. The molecule has 0 aliphatic heterocycles. The van der Waals surface area contributed by atoms with Gasteiger partial charge in [-0.05, 0) is 11.6 Å². The Morgan fingerprint density at radius 1 is 1.27 bits per heavy atom. The molecule has 7 nitrogen and oxygen atoms in total. The lowest BCUT2D eigenvalue weighted by molar-refractivity contribution is -0.384. The van der Waals surface area contributed by atoms with Crippen LogP contribution in [0.4, 0.5) is 11.4 Å². The SMILES string of the molecule is CN(Cc1nccn1Cc1ccccc1)c1ccc([N+](=O)[O-])cc1C#N. The van der Waals surface area contributed by atoms with Crippen LogP contribution in [0.2, 0.25) is 0 Å². The van der Waals surface area contributed by atoms with E-state index in [1.165, 1.54) is 17.7 Å². The molecular formula is C19H17N5O2. The molecule has 2 aromatic carbocycles. The molecule has 1 heterocycles. The minimum Gasteiger partial charge on any atom is -0.366 e. The van der Waals surface area contributed by atoms with Crippen molar-refractivity contribution in [3.05, 3.63) is 88.0 Å². The van der Waals surface area contributed by atoms with Gasteiger partial charge in [-0.1, -0.05) is 30.3 Å². The lowest BCUT2D eigenvalue weighted by Crippen LogP contribution is -2.21. The van der Waals surface area contributed by atoms with Gasteiger partial charge in [0.2, 0.25) is 0 Å². The van der Waals surface area contributed by atoms with E-state index in [0.29, 0.717) is 18.8 Å². The van der Waals surface area contributed by atoms with Crippen LogP contribution in [0.5, 0.6) is 0 Å². The second kappa shape index (κ2) is 7.49. The van der Waals surface area contributed by atoms with Crippen molar-refractivity contribution in [3.63, 3.8) is 0 Å². The third-order valence-corrected chi connectivity index (χ3v) is 4.10. The van der Waals surface area contributed by atoms with Crippen molar-refractivity contribution in [3.8, 4) is 6.07 Å². The third kappa shape index (κ3) is 3.70.